The van der Waals surface area contributed by atoms with Crippen LogP contribution < -0.4 is 0 Å². The Bertz CT molecular complexity index is 142. The molecule has 1 aromatic heterocycles. The first-order chi connectivity index (χ1) is 3.30. The van der Waals surface area contributed by atoms with Crippen molar-refractivity contribution in [3.8, 4) is 0 Å². The van der Waals surface area contributed by atoms with Crippen LogP contribution in [0.15, 0.2) is 4.52 Å². The lowest BCUT2D eigenvalue weighted by Gasteiger charge is -1.72. The first-order valence-corrected chi connectivity index (χ1v) is 1.91. The Morgan fingerprint density at radius 3 is 2.57 bits per heavy atom. The Morgan fingerprint density at radius 2 is 2.43 bits per heavy atom. The van der Waals surface area contributed by atoms with Gasteiger partial charge in [-0.25, -0.2) is 0 Å². The van der Waals surface area contributed by atoms with E-state index in [1.165, 1.54) is 0 Å². The van der Waals surface area contributed by atoms with Gasteiger partial charge in [0.2, 0.25) is 0 Å². The molecule has 1 aromatic rings. The Labute approximate surface area is 41.3 Å². The highest BCUT2D eigenvalue weighted by Gasteiger charge is 1.93. The van der Waals surface area contributed by atoms with Crippen LogP contribution in [0, 0.1) is 13.8 Å². The largest absolute Gasteiger partial charge is 0.342 e. The molecule has 0 aliphatic rings. The van der Waals surface area contributed by atoms with Crippen molar-refractivity contribution in [1.29, 1.82) is 0 Å². The summed E-state index contributed by atoms with van der Waals surface area (Å²) < 4.78 is 4.54. The molecule has 3 heteroatoms. The third-order valence-corrected chi connectivity index (χ3v) is 0.746. The summed E-state index contributed by atoms with van der Waals surface area (Å²) in [6.45, 7) is 5.28. The van der Waals surface area contributed by atoms with Crippen molar-refractivity contribution in [3.63, 3.8) is 0 Å². The minimum atomic E-state index is 0.611. The van der Waals surface area contributed by atoms with E-state index in [1.807, 2.05) is 0 Å². The number of aromatic nitrogens is 2. The summed E-state index contributed by atoms with van der Waals surface area (Å²) in [5.74, 6) is 0.681. The molecule has 3 nitrogen and oxygen atoms in total. The molecule has 1 heterocycles. The smallest absolute Gasteiger partial charge is 0.157 e. The molecule has 1 radical (unpaired) electrons. The monoisotopic (exact) mass is 97.0 g/mol. The highest BCUT2D eigenvalue weighted by Crippen LogP contribution is 1.96. The molecule has 0 saturated carbocycles. The second kappa shape index (κ2) is 1.33. The Hall–Kier alpha value is -0.860. The second-order valence-electron chi connectivity index (χ2n) is 1.28. The van der Waals surface area contributed by atoms with Crippen LogP contribution in [0.5, 0.6) is 0 Å². The number of hydrogen-bond acceptors (Lipinski definition) is 3. The van der Waals surface area contributed by atoms with Gasteiger partial charge in [-0.3, -0.25) is 0 Å². The molecule has 0 aliphatic carbocycles. The minimum absolute atomic E-state index is 0.611. The summed E-state index contributed by atoms with van der Waals surface area (Å²) in [6.07, 6.45) is 0. The van der Waals surface area contributed by atoms with Crippen molar-refractivity contribution in [2.45, 2.75) is 6.92 Å². The standard InChI is InChI=1S/C4H5N2O/c1-3-4(2)7-6-5-3/h1H2,2H3. The number of hydrogen-bond donors (Lipinski definition) is 0. The quantitative estimate of drug-likeness (QED) is 0.474. The van der Waals surface area contributed by atoms with Gasteiger partial charge in [0.15, 0.2) is 5.76 Å². The summed E-state index contributed by atoms with van der Waals surface area (Å²) in [7, 11) is 0. The van der Waals surface area contributed by atoms with Crippen LogP contribution in [-0.2, 0) is 0 Å². The van der Waals surface area contributed by atoms with Gasteiger partial charge < -0.3 is 4.52 Å². The van der Waals surface area contributed by atoms with Gasteiger partial charge in [0.25, 0.3) is 0 Å². The van der Waals surface area contributed by atoms with Gasteiger partial charge in [-0.2, -0.15) is 0 Å². The average molecular weight is 97.1 g/mol. The van der Waals surface area contributed by atoms with Gasteiger partial charge in [-0.05, 0) is 6.92 Å². The van der Waals surface area contributed by atoms with E-state index in [4.69, 9.17) is 0 Å². The lowest BCUT2D eigenvalue weighted by atomic mass is 10.4. The normalized spacial score (nSPS) is 9.43. The third-order valence-electron chi connectivity index (χ3n) is 0.746. The first kappa shape index (κ1) is 4.30. The van der Waals surface area contributed by atoms with Gasteiger partial charge in [-0.1, -0.05) is 0 Å². The molecular formula is C4H5N2O. The van der Waals surface area contributed by atoms with Crippen LogP contribution in [0.1, 0.15) is 11.5 Å². The first-order valence-electron chi connectivity index (χ1n) is 1.91. The molecule has 37 valence electrons. The van der Waals surface area contributed by atoms with Crippen LogP contribution in [-0.4, -0.2) is 10.4 Å². The summed E-state index contributed by atoms with van der Waals surface area (Å²) in [4.78, 5) is 0. The van der Waals surface area contributed by atoms with E-state index in [9.17, 15) is 0 Å². The number of nitrogens with zero attached hydrogens (tertiary/aromatic N) is 2. The molecular weight excluding hydrogens is 92.1 g/mol. The van der Waals surface area contributed by atoms with E-state index in [1.54, 1.807) is 6.92 Å². The lowest BCUT2D eigenvalue weighted by molar-refractivity contribution is 0.374. The molecule has 0 unspecified atom stereocenters. The summed E-state index contributed by atoms with van der Waals surface area (Å²) >= 11 is 0. The number of aryl methyl sites for hydroxylation is 1. The molecule has 0 spiro atoms. The maximum absolute atomic E-state index is 4.54. The van der Waals surface area contributed by atoms with Gasteiger partial charge >= 0.3 is 0 Å². The molecule has 0 aliphatic heterocycles. The van der Waals surface area contributed by atoms with Gasteiger partial charge in [0.1, 0.15) is 5.69 Å². The fourth-order valence-electron chi connectivity index (χ4n) is 0.254. The fourth-order valence-corrected chi connectivity index (χ4v) is 0.254. The SMILES string of the molecule is [CH2]c1nnoc1C. The highest BCUT2D eigenvalue weighted by atomic mass is 16.5. The highest BCUT2D eigenvalue weighted by molar-refractivity contribution is 5.04. The van der Waals surface area contributed by atoms with Crippen molar-refractivity contribution in [1.82, 2.24) is 10.4 Å². The fraction of sp³-hybridized carbons (Fsp3) is 0.250. The van der Waals surface area contributed by atoms with E-state index in [-0.39, 0.29) is 0 Å². The molecule has 0 N–H and O–H groups in total. The zero-order valence-corrected chi connectivity index (χ0v) is 4.01. The lowest BCUT2D eigenvalue weighted by Crippen LogP contribution is -1.70. The maximum Gasteiger partial charge on any atom is 0.157 e. The van der Waals surface area contributed by atoms with E-state index >= 15 is 0 Å². The van der Waals surface area contributed by atoms with Crippen molar-refractivity contribution in [2.75, 3.05) is 0 Å². The zero-order valence-electron chi connectivity index (χ0n) is 4.01. The van der Waals surface area contributed by atoms with Gasteiger partial charge in [-0.15, -0.1) is 5.10 Å². The molecule has 0 atom stereocenters. The summed E-state index contributed by atoms with van der Waals surface area (Å²) in [6, 6.07) is 0. The molecule has 0 saturated heterocycles. The van der Waals surface area contributed by atoms with Gasteiger partial charge in [0, 0.05) is 12.2 Å². The van der Waals surface area contributed by atoms with Crippen LogP contribution in [0.4, 0.5) is 0 Å². The van der Waals surface area contributed by atoms with Gasteiger partial charge in [0.05, 0.1) is 0 Å². The van der Waals surface area contributed by atoms with Crippen molar-refractivity contribution in [2.24, 2.45) is 0 Å². The molecule has 0 fully saturated rings. The Morgan fingerprint density at radius 1 is 1.71 bits per heavy atom. The second-order valence-corrected chi connectivity index (χ2v) is 1.28. The molecule has 7 heavy (non-hydrogen) atoms. The molecule has 0 bridgehead atoms. The van der Waals surface area contributed by atoms with E-state index in [2.05, 4.69) is 21.8 Å². The predicted octanol–water partition coefficient (Wildman–Crippen LogP) is 0.560. The molecule has 1 rings (SSSR count). The maximum atomic E-state index is 4.54. The average Bonchev–Trinajstić information content (AvgIpc) is 1.91. The summed E-state index contributed by atoms with van der Waals surface area (Å²) in [5.41, 5.74) is 0.611. The Balaban J connectivity index is 3.12. The van der Waals surface area contributed by atoms with Crippen LogP contribution >= 0.6 is 0 Å². The van der Waals surface area contributed by atoms with Crippen LogP contribution in [0.25, 0.3) is 0 Å². The van der Waals surface area contributed by atoms with E-state index in [0.717, 1.165) is 0 Å². The number of rotatable bonds is 0. The zero-order chi connectivity index (χ0) is 5.28. The predicted molar refractivity (Wildman–Crippen MR) is 23.5 cm³/mol. The van der Waals surface area contributed by atoms with Crippen molar-refractivity contribution >= 4 is 0 Å². The molecule has 0 aromatic carbocycles. The summed E-state index contributed by atoms with van der Waals surface area (Å²) in [5, 5.41) is 6.72. The Kier molecular flexibility index (Phi) is 0.817. The third kappa shape index (κ3) is 0.607. The van der Waals surface area contributed by atoms with E-state index < -0.39 is 0 Å². The topological polar surface area (TPSA) is 38.9 Å². The van der Waals surface area contributed by atoms with Crippen LogP contribution in [0.2, 0.25) is 0 Å². The molecule has 0 amide bonds. The van der Waals surface area contributed by atoms with Crippen molar-refractivity contribution in [3.05, 3.63) is 18.4 Å². The minimum Gasteiger partial charge on any atom is -0.342 e. The van der Waals surface area contributed by atoms with Crippen molar-refractivity contribution < 1.29 is 4.52 Å². The van der Waals surface area contributed by atoms with Crippen LogP contribution in [0.3, 0.4) is 0 Å². The van der Waals surface area contributed by atoms with E-state index in [0.29, 0.717) is 11.5 Å².